The SMILES string of the molecule is COC1CCN(c2nccc(CNC(C)C)c2F)CC1. The van der Waals surface area contributed by atoms with Crippen molar-refractivity contribution in [3.63, 3.8) is 0 Å². The summed E-state index contributed by atoms with van der Waals surface area (Å²) in [5.41, 5.74) is 0.678. The van der Waals surface area contributed by atoms with Crippen LogP contribution in [0.25, 0.3) is 0 Å². The minimum atomic E-state index is -0.198. The molecular weight excluding hydrogens is 257 g/mol. The number of methoxy groups -OCH3 is 1. The highest BCUT2D eigenvalue weighted by molar-refractivity contribution is 5.43. The molecular formula is C15H24FN3O. The van der Waals surface area contributed by atoms with Crippen LogP contribution < -0.4 is 10.2 Å². The first kappa shape index (κ1) is 15.2. The number of halogens is 1. The van der Waals surface area contributed by atoms with Crippen LogP contribution >= 0.6 is 0 Å². The van der Waals surface area contributed by atoms with Crippen molar-refractivity contribution < 1.29 is 9.13 Å². The van der Waals surface area contributed by atoms with Gasteiger partial charge in [-0.3, -0.25) is 0 Å². The lowest BCUT2D eigenvalue weighted by atomic mass is 10.1. The van der Waals surface area contributed by atoms with Crippen LogP contribution in [0.1, 0.15) is 32.3 Å². The van der Waals surface area contributed by atoms with Gasteiger partial charge in [-0.05, 0) is 18.9 Å². The van der Waals surface area contributed by atoms with Gasteiger partial charge in [0, 0.05) is 44.5 Å². The lowest BCUT2D eigenvalue weighted by Gasteiger charge is -2.32. The monoisotopic (exact) mass is 281 g/mol. The Bertz CT molecular complexity index is 431. The summed E-state index contributed by atoms with van der Waals surface area (Å²) >= 11 is 0. The van der Waals surface area contributed by atoms with Gasteiger partial charge in [-0.25, -0.2) is 9.37 Å². The number of anilines is 1. The summed E-state index contributed by atoms with van der Waals surface area (Å²) in [5, 5.41) is 3.24. The Morgan fingerprint density at radius 3 is 2.75 bits per heavy atom. The number of rotatable bonds is 5. The Morgan fingerprint density at radius 2 is 2.15 bits per heavy atom. The summed E-state index contributed by atoms with van der Waals surface area (Å²) in [7, 11) is 1.73. The quantitative estimate of drug-likeness (QED) is 0.899. The van der Waals surface area contributed by atoms with Gasteiger partial charge in [0.25, 0.3) is 0 Å². The van der Waals surface area contributed by atoms with Crippen molar-refractivity contribution in [3.8, 4) is 0 Å². The highest BCUT2D eigenvalue weighted by atomic mass is 19.1. The Hall–Kier alpha value is -1.20. The average Bonchev–Trinajstić information content (AvgIpc) is 2.46. The third kappa shape index (κ3) is 3.67. The van der Waals surface area contributed by atoms with Gasteiger partial charge in [0.15, 0.2) is 11.6 Å². The van der Waals surface area contributed by atoms with Crippen molar-refractivity contribution in [1.82, 2.24) is 10.3 Å². The molecule has 0 bridgehead atoms. The van der Waals surface area contributed by atoms with Gasteiger partial charge in [-0.1, -0.05) is 13.8 Å². The number of hydrogen-bond donors (Lipinski definition) is 1. The second-order valence-corrected chi connectivity index (χ2v) is 5.57. The van der Waals surface area contributed by atoms with Crippen molar-refractivity contribution in [2.45, 2.75) is 45.4 Å². The molecule has 0 spiro atoms. The molecule has 1 saturated heterocycles. The first-order valence-electron chi connectivity index (χ1n) is 7.26. The molecule has 5 heteroatoms. The number of pyridine rings is 1. The standard InChI is InChI=1S/C15H24FN3O/c1-11(2)18-10-12-4-7-17-15(14(12)16)19-8-5-13(20-3)6-9-19/h4,7,11,13,18H,5-6,8-10H2,1-3H3. The molecule has 2 heterocycles. The van der Waals surface area contributed by atoms with E-state index >= 15 is 0 Å². The molecule has 0 aliphatic carbocycles. The van der Waals surface area contributed by atoms with E-state index in [0.29, 0.717) is 30.1 Å². The summed E-state index contributed by atoms with van der Waals surface area (Å²) in [4.78, 5) is 6.24. The largest absolute Gasteiger partial charge is 0.381 e. The Labute approximate surface area is 120 Å². The molecule has 112 valence electrons. The topological polar surface area (TPSA) is 37.4 Å². The maximum absolute atomic E-state index is 14.5. The lowest BCUT2D eigenvalue weighted by Crippen LogP contribution is -2.37. The van der Waals surface area contributed by atoms with Crippen LogP contribution in [0.4, 0.5) is 10.2 Å². The summed E-state index contributed by atoms with van der Waals surface area (Å²) in [5.74, 6) is 0.277. The van der Waals surface area contributed by atoms with E-state index in [9.17, 15) is 4.39 Å². The Morgan fingerprint density at radius 1 is 1.45 bits per heavy atom. The minimum Gasteiger partial charge on any atom is -0.381 e. The van der Waals surface area contributed by atoms with Crippen LogP contribution in [0.15, 0.2) is 12.3 Å². The van der Waals surface area contributed by atoms with E-state index in [1.54, 1.807) is 19.4 Å². The van der Waals surface area contributed by atoms with Crippen molar-refractivity contribution in [2.75, 3.05) is 25.1 Å². The Kier molecular flexibility index (Phi) is 5.31. The van der Waals surface area contributed by atoms with Crippen molar-refractivity contribution in [1.29, 1.82) is 0 Å². The zero-order valence-electron chi connectivity index (χ0n) is 12.5. The molecule has 20 heavy (non-hydrogen) atoms. The summed E-state index contributed by atoms with van der Waals surface area (Å²) in [6, 6.07) is 2.08. The van der Waals surface area contributed by atoms with Gasteiger partial charge in [0.1, 0.15) is 0 Å². The predicted molar refractivity (Wildman–Crippen MR) is 78.4 cm³/mol. The van der Waals surface area contributed by atoms with E-state index in [1.165, 1.54) is 0 Å². The van der Waals surface area contributed by atoms with Gasteiger partial charge in [0.05, 0.1) is 6.10 Å². The third-order valence-electron chi connectivity index (χ3n) is 3.73. The molecule has 1 aromatic heterocycles. The maximum atomic E-state index is 14.5. The zero-order valence-corrected chi connectivity index (χ0v) is 12.5. The number of aromatic nitrogens is 1. The van der Waals surface area contributed by atoms with E-state index in [1.807, 2.05) is 4.90 Å². The molecule has 1 fully saturated rings. The van der Waals surface area contributed by atoms with Crippen molar-refractivity contribution in [3.05, 3.63) is 23.6 Å². The lowest BCUT2D eigenvalue weighted by molar-refractivity contribution is 0.0816. The average molecular weight is 281 g/mol. The van der Waals surface area contributed by atoms with Crippen molar-refractivity contribution >= 4 is 5.82 Å². The fourth-order valence-electron chi connectivity index (χ4n) is 2.45. The van der Waals surface area contributed by atoms with E-state index in [2.05, 4.69) is 24.1 Å². The number of ether oxygens (including phenoxy) is 1. The fourth-order valence-corrected chi connectivity index (χ4v) is 2.45. The smallest absolute Gasteiger partial charge is 0.170 e. The number of piperidine rings is 1. The molecule has 4 nitrogen and oxygen atoms in total. The fraction of sp³-hybridized carbons (Fsp3) is 0.667. The van der Waals surface area contributed by atoms with Crippen LogP contribution in [0, 0.1) is 5.82 Å². The molecule has 0 atom stereocenters. The summed E-state index contributed by atoms with van der Waals surface area (Å²) in [6.07, 6.45) is 3.83. The first-order chi connectivity index (χ1) is 9.61. The predicted octanol–water partition coefficient (Wildman–Crippen LogP) is 2.33. The Balaban J connectivity index is 2.06. The van der Waals surface area contributed by atoms with E-state index in [4.69, 9.17) is 4.74 Å². The molecule has 0 radical (unpaired) electrons. The van der Waals surface area contributed by atoms with Gasteiger partial charge in [-0.15, -0.1) is 0 Å². The van der Waals surface area contributed by atoms with E-state index in [-0.39, 0.29) is 5.82 Å². The zero-order chi connectivity index (χ0) is 14.5. The molecule has 1 N–H and O–H groups in total. The van der Waals surface area contributed by atoms with E-state index < -0.39 is 0 Å². The summed E-state index contributed by atoms with van der Waals surface area (Å²) in [6.45, 7) is 6.23. The molecule has 1 aliphatic heterocycles. The first-order valence-corrected chi connectivity index (χ1v) is 7.26. The normalized spacial score (nSPS) is 16.9. The highest BCUT2D eigenvalue weighted by Crippen LogP contribution is 2.23. The molecule has 2 rings (SSSR count). The van der Waals surface area contributed by atoms with Gasteiger partial charge >= 0.3 is 0 Å². The maximum Gasteiger partial charge on any atom is 0.170 e. The second kappa shape index (κ2) is 6.99. The van der Waals surface area contributed by atoms with Crippen molar-refractivity contribution in [2.24, 2.45) is 0 Å². The molecule has 0 aromatic carbocycles. The van der Waals surface area contributed by atoms with Crippen LogP contribution in [0.5, 0.6) is 0 Å². The number of nitrogens with zero attached hydrogens (tertiary/aromatic N) is 2. The molecule has 1 aromatic rings. The van der Waals surface area contributed by atoms with Gasteiger partial charge < -0.3 is 15.0 Å². The van der Waals surface area contributed by atoms with Crippen LogP contribution in [0.3, 0.4) is 0 Å². The summed E-state index contributed by atoms with van der Waals surface area (Å²) < 4.78 is 19.9. The number of hydrogen-bond acceptors (Lipinski definition) is 4. The molecule has 1 aliphatic rings. The second-order valence-electron chi connectivity index (χ2n) is 5.57. The van der Waals surface area contributed by atoms with Crippen LogP contribution in [-0.4, -0.2) is 37.3 Å². The molecule has 0 amide bonds. The van der Waals surface area contributed by atoms with Gasteiger partial charge in [0.2, 0.25) is 0 Å². The minimum absolute atomic E-state index is 0.198. The highest BCUT2D eigenvalue weighted by Gasteiger charge is 2.22. The third-order valence-corrected chi connectivity index (χ3v) is 3.73. The molecule has 0 unspecified atom stereocenters. The van der Waals surface area contributed by atoms with Crippen LogP contribution in [0.2, 0.25) is 0 Å². The van der Waals surface area contributed by atoms with Gasteiger partial charge in [-0.2, -0.15) is 0 Å². The van der Waals surface area contributed by atoms with E-state index in [0.717, 1.165) is 25.9 Å². The number of nitrogens with one attached hydrogen (secondary N) is 1. The van der Waals surface area contributed by atoms with Crippen LogP contribution in [-0.2, 0) is 11.3 Å². The molecule has 0 saturated carbocycles.